The Balaban J connectivity index is 1.73. The monoisotopic (exact) mass is 380 g/mol. The first-order chi connectivity index (χ1) is 13.4. The van der Waals surface area contributed by atoms with Crippen LogP contribution in [-0.2, 0) is 0 Å². The lowest BCUT2D eigenvalue weighted by Gasteiger charge is -2.19. The smallest absolute Gasteiger partial charge is 0.343 e. The van der Waals surface area contributed by atoms with Gasteiger partial charge in [0.25, 0.3) is 0 Å². The Bertz CT molecular complexity index is 1180. The molecule has 28 heavy (non-hydrogen) atoms. The quantitative estimate of drug-likeness (QED) is 0.424. The molecule has 0 amide bonds. The number of carbonyl (C=O) groups excluding carboxylic acids is 3. The van der Waals surface area contributed by atoms with E-state index in [4.69, 9.17) is 4.74 Å². The third-order valence-electron chi connectivity index (χ3n) is 4.39. The third kappa shape index (κ3) is 2.64. The van der Waals surface area contributed by atoms with E-state index in [9.17, 15) is 28.3 Å². The molecule has 0 atom stereocenters. The summed E-state index contributed by atoms with van der Waals surface area (Å²) in [6, 6.07) is 11.0. The molecule has 3 aromatic rings. The highest BCUT2D eigenvalue weighted by atomic mass is 19.2. The zero-order valence-corrected chi connectivity index (χ0v) is 14.0. The van der Waals surface area contributed by atoms with Gasteiger partial charge in [0.2, 0.25) is 0 Å². The highest BCUT2D eigenvalue weighted by Crippen LogP contribution is 2.38. The first kappa shape index (κ1) is 17.5. The van der Waals surface area contributed by atoms with Gasteiger partial charge in [0, 0.05) is 16.7 Å². The second kappa shape index (κ2) is 6.38. The molecule has 1 aliphatic rings. The largest absolute Gasteiger partial charge is 0.504 e. The lowest BCUT2D eigenvalue weighted by Crippen LogP contribution is -2.21. The lowest BCUT2D eigenvalue weighted by atomic mass is 9.83. The number of fused-ring (bicyclic) bond motifs is 2. The Kier molecular flexibility index (Phi) is 4.00. The molecule has 0 fully saturated rings. The maximum absolute atomic E-state index is 13.3. The van der Waals surface area contributed by atoms with Crippen LogP contribution < -0.4 is 4.74 Å². The van der Waals surface area contributed by atoms with Crippen LogP contribution in [-0.4, -0.2) is 22.6 Å². The Hall–Kier alpha value is -3.87. The molecular formula is C21H10F2O5. The zero-order chi connectivity index (χ0) is 20.0. The molecule has 7 heteroatoms. The molecule has 4 rings (SSSR count). The van der Waals surface area contributed by atoms with Gasteiger partial charge < -0.3 is 9.84 Å². The van der Waals surface area contributed by atoms with Crippen LogP contribution in [0, 0.1) is 11.6 Å². The molecule has 0 aromatic heterocycles. The molecule has 3 aromatic carbocycles. The van der Waals surface area contributed by atoms with Crippen LogP contribution in [0.1, 0.15) is 42.2 Å². The number of halogens is 2. The van der Waals surface area contributed by atoms with Crippen molar-refractivity contribution in [3.63, 3.8) is 0 Å². The van der Waals surface area contributed by atoms with E-state index in [1.807, 2.05) is 0 Å². The van der Waals surface area contributed by atoms with Gasteiger partial charge in [-0.05, 0) is 30.3 Å². The van der Waals surface area contributed by atoms with Gasteiger partial charge in [-0.15, -0.1) is 0 Å². The number of benzene rings is 3. The minimum atomic E-state index is -1.23. The van der Waals surface area contributed by atoms with E-state index in [0.29, 0.717) is 6.07 Å². The molecule has 0 heterocycles. The van der Waals surface area contributed by atoms with Gasteiger partial charge in [-0.3, -0.25) is 9.59 Å². The maximum atomic E-state index is 13.3. The Morgan fingerprint density at radius 1 is 0.821 bits per heavy atom. The third-order valence-corrected chi connectivity index (χ3v) is 4.39. The van der Waals surface area contributed by atoms with Gasteiger partial charge in [0.15, 0.2) is 34.7 Å². The summed E-state index contributed by atoms with van der Waals surface area (Å²) in [7, 11) is 0. The van der Waals surface area contributed by atoms with E-state index >= 15 is 0 Å². The highest BCUT2D eigenvalue weighted by molar-refractivity contribution is 6.29. The van der Waals surface area contributed by atoms with Crippen LogP contribution in [0.3, 0.4) is 0 Å². The number of carbonyl (C=O) groups is 3. The fourth-order valence-corrected chi connectivity index (χ4v) is 3.01. The normalized spacial score (nSPS) is 12.4. The number of rotatable bonds is 2. The Morgan fingerprint density at radius 3 is 2.18 bits per heavy atom. The number of ether oxygens (including phenoxy) is 1. The van der Waals surface area contributed by atoms with Crippen molar-refractivity contribution in [3.05, 3.63) is 94.0 Å². The van der Waals surface area contributed by atoms with E-state index in [2.05, 4.69) is 0 Å². The SMILES string of the molecule is O=C(Oc1ccc2c(c1O)C(=O)c1ccccc1C2=O)c1ccc(F)c(F)c1. The second-order valence-electron chi connectivity index (χ2n) is 6.06. The van der Waals surface area contributed by atoms with E-state index in [1.54, 1.807) is 12.1 Å². The summed E-state index contributed by atoms with van der Waals surface area (Å²) in [5.41, 5.74) is -0.248. The van der Waals surface area contributed by atoms with E-state index in [1.165, 1.54) is 18.2 Å². The van der Waals surface area contributed by atoms with Crippen LogP contribution in [0.4, 0.5) is 8.78 Å². The molecular weight excluding hydrogens is 370 g/mol. The number of aromatic hydroxyl groups is 1. The Morgan fingerprint density at radius 2 is 1.50 bits per heavy atom. The average molecular weight is 380 g/mol. The molecule has 0 saturated heterocycles. The zero-order valence-electron chi connectivity index (χ0n) is 14.0. The molecule has 0 spiro atoms. The molecule has 0 bridgehead atoms. The molecule has 138 valence electrons. The molecule has 1 N–H and O–H groups in total. The van der Waals surface area contributed by atoms with Crippen molar-refractivity contribution in [3.8, 4) is 11.5 Å². The highest BCUT2D eigenvalue weighted by Gasteiger charge is 2.33. The predicted octanol–water partition coefficient (Wildman–Crippen LogP) is 3.67. The fourth-order valence-electron chi connectivity index (χ4n) is 3.01. The van der Waals surface area contributed by atoms with Crippen molar-refractivity contribution < 1.29 is 33.0 Å². The van der Waals surface area contributed by atoms with Gasteiger partial charge in [-0.2, -0.15) is 0 Å². The van der Waals surface area contributed by atoms with Crippen molar-refractivity contribution in [1.82, 2.24) is 0 Å². The molecule has 0 aliphatic heterocycles. The first-order valence-electron chi connectivity index (χ1n) is 8.10. The number of esters is 1. The maximum Gasteiger partial charge on any atom is 0.343 e. The van der Waals surface area contributed by atoms with Crippen LogP contribution in [0.5, 0.6) is 11.5 Å². The number of hydrogen-bond donors (Lipinski definition) is 1. The van der Waals surface area contributed by atoms with Crippen LogP contribution in [0.15, 0.2) is 54.6 Å². The average Bonchev–Trinajstić information content (AvgIpc) is 2.69. The topological polar surface area (TPSA) is 80.7 Å². The van der Waals surface area contributed by atoms with E-state index in [-0.39, 0.29) is 33.6 Å². The standard InChI is InChI=1S/C21H10F2O5/c22-14-7-5-10(9-15(14)23)21(27)28-16-8-6-13-17(20(16)26)19(25)12-4-2-1-3-11(12)18(13)24/h1-9,26H. The summed E-state index contributed by atoms with van der Waals surface area (Å²) in [6.45, 7) is 0. The molecule has 0 unspecified atom stereocenters. The van der Waals surface area contributed by atoms with Crippen molar-refractivity contribution in [2.45, 2.75) is 0 Å². The van der Waals surface area contributed by atoms with Crippen molar-refractivity contribution in [1.29, 1.82) is 0 Å². The van der Waals surface area contributed by atoms with Gasteiger partial charge in [0.1, 0.15) is 0 Å². The second-order valence-corrected chi connectivity index (χ2v) is 6.06. The summed E-state index contributed by atoms with van der Waals surface area (Å²) >= 11 is 0. The van der Waals surface area contributed by atoms with Gasteiger partial charge in [-0.1, -0.05) is 24.3 Å². The van der Waals surface area contributed by atoms with Crippen molar-refractivity contribution in [2.75, 3.05) is 0 Å². The lowest BCUT2D eigenvalue weighted by molar-refractivity contribution is 0.0727. The van der Waals surface area contributed by atoms with Crippen LogP contribution in [0.25, 0.3) is 0 Å². The summed E-state index contributed by atoms with van der Waals surface area (Å²) in [6.07, 6.45) is 0. The minimum Gasteiger partial charge on any atom is -0.504 e. The molecule has 0 saturated carbocycles. The molecule has 0 radical (unpaired) electrons. The number of phenolic OH excluding ortho intramolecular Hbond substituents is 1. The van der Waals surface area contributed by atoms with Gasteiger partial charge in [-0.25, -0.2) is 13.6 Å². The van der Waals surface area contributed by atoms with Crippen LogP contribution >= 0.6 is 0 Å². The number of hydrogen-bond acceptors (Lipinski definition) is 5. The van der Waals surface area contributed by atoms with E-state index < -0.39 is 34.9 Å². The summed E-state index contributed by atoms with van der Waals surface area (Å²) in [5, 5.41) is 10.5. The summed E-state index contributed by atoms with van der Waals surface area (Å²) in [5.74, 6) is -5.52. The predicted molar refractivity (Wildman–Crippen MR) is 92.7 cm³/mol. The van der Waals surface area contributed by atoms with E-state index in [0.717, 1.165) is 18.2 Å². The number of ketones is 2. The van der Waals surface area contributed by atoms with Gasteiger partial charge >= 0.3 is 5.97 Å². The first-order valence-corrected chi connectivity index (χ1v) is 8.10. The van der Waals surface area contributed by atoms with Crippen molar-refractivity contribution in [2.24, 2.45) is 0 Å². The van der Waals surface area contributed by atoms with Crippen LogP contribution in [0.2, 0.25) is 0 Å². The Labute approximate surface area is 156 Å². The molecule has 1 aliphatic carbocycles. The number of phenols is 1. The minimum absolute atomic E-state index is 0.0196. The summed E-state index contributed by atoms with van der Waals surface area (Å²) in [4.78, 5) is 37.5. The fraction of sp³-hybridized carbons (Fsp3) is 0. The molecule has 5 nitrogen and oxygen atoms in total. The summed E-state index contributed by atoms with van der Waals surface area (Å²) < 4.78 is 31.3. The van der Waals surface area contributed by atoms with Gasteiger partial charge in [0.05, 0.1) is 11.1 Å². The van der Waals surface area contributed by atoms with Crippen molar-refractivity contribution >= 4 is 17.5 Å².